The highest BCUT2D eigenvalue weighted by Gasteiger charge is 2.41. The van der Waals surface area contributed by atoms with Gasteiger partial charge in [0.1, 0.15) is 6.04 Å². The maximum atomic E-state index is 12.4. The first-order valence-corrected chi connectivity index (χ1v) is 8.39. The number of anilines is 1. The molecule has 3 amide bonds. The van der Waals surface area contributed by atoms with Crippen molar-refractivity contribution in [1.82, 2.24) is 4.90 Å². The molecule has 1 heterocycles. The third kappa shape index (κ3) is 3.57. The van der Waals surface area contributed by atoms with Crippen LogP contribution < -0.4 is 5.32 Å². The number of amides is 3. The van der Waals surface area contributed by atoms with Crippen LogP contribution in [-0.4, -0.2) is 41.2 Å². The predicted octanol–water partition coefficient (Wildman–Crippen LogP) is 2.16. The molecule has 0 saturated heterocycles. The van der Waals surface area contributed by atoms with Gasteiger partial charge >= 0.3 is 5.97 Å². The quantitative estimate of drug-likeness (QED) is 0.647. The molecule has 1 unspecified atom stereocenters. The van der Waals surface area contributed by atoms with Gasteiger partial charge in [0.15, 0.2) is 6.61 Å². The van der Waals surface area contributed by atoms with Crippen LogP contribution in [0.3, 0.4) is 0 Å². The topological polar surface area (TPSA) is 92.8 Å². The van der Waals surface area contributed by atoms with Gasteiger partial charge in [0.2, 0.25) is 0 Å². The van der Waals surface area contributed by atoms with E-state index < -0.39 is 36.3 Å². The monoisotopic (exact) mass is 366 g/mol. The number of carbonyl (C=O) groups is 4. The number of aryl methyl sites for hydroxylation is 1. The summed E-state index contributed by atoms with van der Waals surface area (Å²) in [7, 11) is 0. The van der Waals surface area contributed by atoms with E-state index in [1.165, 1.54) is 19.1 Å². The van der Waals surface area contributed by atoms with E-state index in [0.29, 0.717) is 5.69 Å². The summed E-state index contributed by atoms with van der Waals surface area (Å²) in [6.07, 6.45) is 0. The van der Waals surface area contributed by atoms with Crippen molar-refractivity contribution >= 4 is 29.4 Å². The molecule has 2 aromatic carbocycles. The molecule has 1 N–H and O–H groups in total. The molecule has 0 bridgehead atoms. The number of para-hydroxylation sites is 1. The number of rotatable bonds is 5. The van der Waals surface area contributed by atoms with Gasteiger partial charge in [-0.05, 0) is 37.6 Å². The molecule has 27 heavy (non-hydrogen) atoms. The molecule has 7 heteroatoms. The third-order valence-electron chi connectivity index (χ3n) is 4.32. The van der Waals surface area contributed by atoms with Gasteiger partial charge < -0.3 is 10.1 Å². The number of hydrogen-bond donors (Lipinski definition) is 1. The molecule has 0 aromatic heterocycles. The molecule has 3 rings (SSSR count). The van der Waals surface area contributed by atoms with Crippen molar-refractivity contribution in [2.45, 2.75) is 19.9 Å². The van der Waals surface area contributed by atoms with Crippen molar-refractivity contribution in [2.75, 3.05) is 11.9 Å². The van der Waals surface area contributed by atoms with E-state index in [1.807, 2.05) is 19.1 Å². The summed E-state index contributed by atoms with van der Waals surface area (Å²) in [4.78, 5) is 49.9. The molecular weight excluding hydrogens is 348 g/mol. The minimum absolute atomic E-state index is 0.249. The normalized spacial score (nSPS) is 13.9. The zero-order valence-electron chi connectivity index (χ0n) is 14.9. The van der Waals surface area contributed by atoms with Crippen LogP contribution in [0.2, 0.25) is 0 Å². The molecule has 2 aromatic rings. The Morgan fingerprint density at radius 1 is 1.00 bits per heavy atom. The highest BCUT2D eigenvalue weighted by atomic mass is 16.5. The molecule has 1 atom stereocenters. The molecule has 138 valence electrons. The van der Waals surface area contributed by atoms with Crippen molar-refractivity contribution in [2.24, 2.45) is 0 Å². The first kappa shape index (κ1) is 18.3. The number of nitrogens with one attached hydrogen (secondary N) is 1. The lowest BCUT2D eigenvalue weighted by molar-refractivity contribution is -0.150. The third-order valence-corrected chi connectivity index (χ3v) is 4.32. The SMILES string of the molecule is Cc1ccccc1NC(=O)COC(=O)C(C)N1C(=O)c2ccccc2C1=O. The van der Waals surface area contributed by atoms with Crippen LogP contribution >= 0.6 is 0 Å². The molecular formula is C20H18N2O5. The fourth-order valence-electron chi connectivity index (χ4n) is 2.82. The lowest BCUT2D eigenvalue weighted by Crippen LogP contribution is -2.44. The van der Waals surface area contributed by atoms with Gasteiger partial charge in [-0.2, -0.15) is 0 Å². The van der Waals surface area contributed by atoms with Gasteiger partial charge in [0.25, 0.3) is 17.7 Å². The molecule has 7 nitrogen and oxygen atoms in total. The average molecular weight is 366 g/mol. The number of fused-ring (bicyclic) bond motifs is 1. The standard InChI is InChI=1S/C20H18N2O5/c1-12-7-3-6-10-16(12)21-17(23)11-27-20(26)13(2)22-18(24)14-8-4-5-9-15(14)19(22)25/h3-10,13H,11H2,1-2H3,(H,21,23). The number of hydrogen-bond acceptors (Lipinski definition) is 5. The maximum absolute atomic E-state index is 12.4. The number of carbonyl (C=O) groups excluding carboxylic acids is 4. The van der Waals surface area contributed by atoms with E-state index in [1.54, 1.807) is 24.3 Å². The Morgan fingerprint density at radius 3 is 2.15 bits per heavy atom. The number of imide groups is 1. The van der Waals surface area contributed by atoms with Crippen molar-refractivity contribution in [1.29, 1.82) is 0 Å². The molecule has 1 aliphatic rings. The fraction of sp³-hybridized carbons (Fsp3) is 0.200. The summed E-state index contributed by atoms with van der Waals surface area (Å²) in [5.41, 5.74) is 1.99. The van der Waals surface area contributed by atoms with Gasteiger partial charge in [0, 0.05) is 5.69 Å². The molecule has 1 aliphatic heterocycles. The second-order valence-corrected chi connectivity index (χ2v) is 6.17. The highest BCUT2D eigenvalue weighted by Crippen LogP contribution is 2.24. The summed E-state index contributed by atoms with van der Waals surface area (Å²) >= 11 is 0. The van der Waals surface area contributed by atoms with E-state index in [-0.39, 0.29) is 11.1 Å². The molecule has 0 fully saturated rings. The lowest BCUT2D eigenvalue weighted by atomic mass is 10.1. The zero-order chi connectivity index (χ0) is 19.6. The average Bonchev–Trinajstić information content (AvgIpc) is 2.92. The summed E-state index contributed by atoms with van der Waals surface area (Å²) in [5.74, 6) is -2.44. The van der Waals surface area contributed by atoms with E-state index in [4.69, 9.17) is 4.74 Å². The van der Waals surface area contributed by atoms with E-state index in [9.17, 15) is 19.2 Å². The van der Waals surface area contributed by atoms with Crippen LogP contribution in [0, 0.1) is 6.92 Å². The summed E-state index contributed by atoms with van der Waals surface area (Å²) in [6.45, 7) is 2.72. The van der Waals surface area contributed by atoms with Gasteiger partial charge in [-0.25, -0.2) is 4.79 Å². The number of ether oxygens (including phenoxy) is 1. The zero-order valence-corrected chi connectivity index (χ0v) is 14.9. The Hall–Kier alpha value is -3.48. The highest BCUT2D eigenvalue weighted by molar-refractivity contribution is 6.22. The predicted molar refractivity (Wildman–Crippen MR) is 97.2 cm³/mol. The van der Waals surface area contributed by atoms with Crippen LogP contribution in [0.4, 0.5) is 5.69 Å². The van der Waals surface area contributed by atoms with E-state index in [0.717, 1.165) is 10.5 Å². The lowest BCUT2D eigenvalue weighted by Gasteiger charge is -2.20. The van der Waals surface area contributed by atoms with Gasteiger partial charge in [-0.1, -0.05) is 30.3 Å². The minimum Gasteiger partial charge on any atom is -0.454 e. The maximum Gasteiger partial charge on any atom is 0.329 e. The summed E-state index contributed by atoms with van der Waals surface area (Å²) < 4.78 is 4.99. The Bertz CT molecular complexity index is 902. The van der Waals surface area contributed by atoms with Gasteiger partial charge in [-0.15, -0.1) is 0 Å². The van der Waals surface area contributed by atoms with Gasteiger partial charge in [0.05, 0.1) is 11.1 Å². The van der Waals surface area contributed by atoms with Crippen molar-refractivity contribution in [3.63, 3.8) is 0 Å². The fourth-order valence-corrected chi connectivity index (χ4v) is 2.82. The smallest absolute Gasteiger partial charge is 0.329 e. The Balaban J connectivity index is 1.60. The van der Waals surface area contributed by atoms with Crippen LogP contribution in [0.25, 0.3) is 0 Å². The largest absolute Gasteiger partial charge is 0.454 e. The van der Waals surface area contributed by atoms with Crippen LogP contribution in [0.15, 0.2) is 48.5 Å². The Labute approximate surface area is 155 Å². The first-order valence-electron chi connectivity index (χ1n) is 8.39. The minimum atomic E-state index is -1.14. The second kappa shape index (κ2) is 7.41. The van der Waals surface area contributed by atoms with E-state index >= 15 is 0 Å². The summed E-state index contributed by atoms with van der Waals surface area (Å²) in [6, 6.07) is 12.4. The number of nitrogens with zero attached hydrogens (tertiary/aromatic N) is 1. The van der Waals surface area contributed by atoms with Crippen LogP contribution in [0.1, 0.15) is 33.2 Å². The molecule has 0 radical (unpaired) electrons. The van der Waals surface area contributed by atoms with Gasteiger partial charge in [-0.3, -0.25) is 19.3 Å². The van der Waals surface area contributed by atoms with Crippen molar-refractivity contribution in [3.8, 4) is 0 Å². The molecule has 0 saturated carbocycles. The molecule has 0 spiro atoms. The van der Waals surface area contributed by atoms with Crippen LogP contribution in [-0.2, 0) is 14.3 Å². The van der Waals surface area contributed by atoms with Crippen LogP contribution in [0.5, 0.6) is 0 Å². The second-order valence-electron chi connectivity index (χ2n) is 6.17. The number of esters is 1. The summed E-state index contributed by atoms with van der Waals surface area (Å²) in [5, 5.41) is 2.64. The Morgan fingerprint density at radius 2 is 1.56 bits per heavy atom. The Kier molecular flexibility index (Phi) is 5.03. The first-order chi connectivity index (χ1) is 12.9. The van der Waals surface area contributed by atoms with Crippen molar-refractivity contribution in [3.05, 3.63) is 65.2 Å². The van der Waals surface area contributed by atoms with Crippen molar-refractivity contribution < 1.29 is 23.9 Å². The molecule has 0 aliphatic carbocycles. The van der Waals surface area contributed by atoms with E-state index in [2.05, 4.69) is 5.32 Å². The number of benzene rings is 2.